The van der Waals surface area contributed by atoms with Crippen molar-refractivity contribution in [2.75, 3.05) is 4.90 Å². The lowest BCUT2D eigenvalue weighted by molar-refractivity contribution is 0.586. The Morgan fingerprint density at radius 2 is 1.95 bits per heavy atom. The summed E-state index contributed by atoms with van der Waals surface area (Å²) in [5.41, 5.74) is 4.11. The molecule has 0 saturated carbocycles. The zero-order valence-corrected chi connectivity index (χ0v) is 14.4. The molecule has 22 heavy (non-hydrogen) atoms. The van der Waals surface area contributed by atoms with Crippen molar-refractivity contribution in [1.29, 1.82) is 5.41 Å². The van der Waals surface area contributed by atoms with E-state index in [1.54, 1.807) is 0 Å². The Bertz CT molecular complexity index is 588. The first-order chi connectivity index (χ1) is 10.3. The molecule has 1 aromatic carbocycles. The smallest absolute Gasteiger partial charge is 0.0867 e. The van der Waals surface area contributed by atoms with Gasteiger partial charge in [-0.05, 0) is 41.0 Å². The molecule has 2 nitrogen and oxygen atoms in total. The maximum atomic E-state index is 7.68. The van der Waals surface area contributed by atoms with E-state index >= 15 is 0 Å². The van der Waals surface area contributed by atoms with E-state index in [4.69, 9.17) is 5.41 Å². The summed E-state index contributed by atoms with van der Waals surface area (Å²) in [5, 5.41) is 7.68. The molecule has 0 amide bonds. The van der Waals surface area contributed by atoms with Crippen LogP contribution in [0.4, 0.5) is 5.69 Å². The van der Waals surface area contributed by atoms with Crippen molar-refractivity contribution in [1.82, 2.24) is 0 Å². The minimum Gasteiger partial charge on any atom is -0.336 e. The second-order valence-electron chi connectivity index (χ2n) is 7.48. The second kappa shape index (κ2) is 6.51. The Morgan fingerprint density at radius 1 is 1.23 bits per heavy atom. The normalized spacial score (nSPS) is 18.1. The van der Waals surface area contributed by atoms with Gasteiger partial charge < -0.3 is 10.3 Å². The monoisotopic (exact) mass is 296 g/mol. The van der Waals surface area contributed by atoms with E-state index in [0.29, 0.717) is 5.92 Å². The van der Waals surface area contributed by atoms with Crippen LogP contribution in [0.15, 0.2) is 42.6 Å². The Labute approximate surface area is 135 Å². The molecular weight excluding hydrogens is 268 g/mol. The number of anilines is 1. The van der Waals surface area contributed by atoms with Crippen LogP contribution >= 0.6 is 0 Å². The molecule has 1 heterocycles. The predicted molar refractivity (Wildman–Crippen MR) is 97.0 cm³/mol. The number of benzene rings is 1. The molecule has 0 fully saturated rings. The molecule has 2 rings (SSSR count). The predicted octanol–water partition coefficient (Wildman–Crippen LogP) is 5.09. The van der Waals surface area contributed by atoms with Gasteiger partial charge in [0.15, 0.2) is 0 Å². The molecular formula is C20H28N2. The lowest BCUT2D eigenvalue weighted by Crippen LogP contribution is -2.32. The van der Waals surface area contributed by atoms with E-state index in [-0.39, 0.29) is 11.5 Å². The average molecular weight is 296 g/mol. The minimum atomic E-state index is 0.0106. The number of rotatable bonds is 4. The highest BCUT2D eigenvalue weighted by molar-refractivity contribution is 5.75. The summed E-state index contributed by atoms with van der Waals surface area (Å²) in [6.45, 7) is 11.3. The van der Waals surface area contributed by atoms with Crippen molar-refractivity contribution >= 4 is 11.9 Å². The minimum absolute atomic E-state index is 0.0106. The zero-order chi connectivity index (χ0) is 16.3. The molecule has 1 atom stereocenters. The molecule has 1 aliphatic heterocycles. The first-order valence-corrected chi connectivity index (χ1v) is 8.10. The molecule has 0 aliphatic carbocycles. The van der Waals surface area contributed by atoms with Crippen LogP contribution in [0, 0.1) is 11.3 Å². The summed E-state index contributed by atoms with van der Waals surface area (Å²) < 4.78 is 0. The SMILES string of the molecule is CC(C)Cc1cc(C(C)(C)C)ccc1N1C=CC=CC1C=N. The van der Waals surface area contributed by atoms with Crippen molar-refractivity contribution in [2.45, 2.75) is 52.5 Å². The number of nitrogens with zero attached hydrogens (tertiary/aromatic N) is 1. The third kappa shape index (κ3) is 3.68. The van der Waals surface area contributed by atoms with Gasteiger partial charge in [-0.15, -0.1) is 0 Å². The van der Waals surface area contributed by atoms with Crippen LogP contribution in [0.5, 0.6) is 0 Å². The molecule has 0 aromatic heterocycles. The summed E-state index contributed by atoms with van der Waals surface area (Å²) in [5.74, 6) is 0.608. The maximum absolute atomic E-state index is 7.68. The fraction of sp³-hybridized carbons (Fsp3) is 0.450. The van der Waals surface area contributed by atoms with Crippen LogP contribution in [0.3, 0.4) is 0 Å². The molecule has 1 unspecified atom stereocenters. The van der Waals surface area contributed by atoms with E-state index in [2.05, 4.69) is 70.0 Å². The average Bonchev–Trinajstić information content (AvgIpc) is 2.45. The Hall–Kier alpha value is -1.83. The van der Waals surface area contributed by atoms with Gasteiger partial charge in [0, 0.05) is 18.1 Å². The van der Waals surface area contributed by atoms with Gasteiger partial charge in [-0.25, -0.2) is 0 Å². The fourth-order valence-corrected chi connectivity index (χ4v) is 2.80. The topological polar surface area (TPSA) is 27.1 Å². The molecule has 0 saturated heterocycles. The quantitative estimate of drug-likeness (QED) is 0.770. The summed E-state index contributed by atoms with van der Waals surface area (Å²) in [4.78, 5) is 2.19. The molecule has 1 aromatic rings. The third-order valence-electron chi connectivity index (χ3n) is 4.01. The van der Waals surface area contributed by atoms with Gasteiger partial charge in [-0.3, -0.25) is 0 Å². The van der Waals surface area contributed by atoms with E-state index < -0.39 is 0 Å². The third-order valence-corrected chi connectivity index (χ3v) is 4.01. The number of hydrogen-bond acceptors (Lipinski definition) is 2. The largest absolute Gasteiger partial charge is 0.336 e. The second-order valence-corrected chi connectivity index (χ2v) is 7.48. The van der Waals surface area contributed by atoms with Crippen molar-refractivity contribution in [3.05, 3.63) is 53.8 Å². The summed E-state index contributed by atoms with van der Waals surface area (Å²) >= 11 is 0. The van der Waals surface area contributed by atoms with E-state index in [1.165, 1.54) is 23.0 Å². The molecule has 0 bridgehead atoms. The highest BCUT2D eigenvalue weighted by Crippen LogP contribution is 2.32. The zero-order valence-electron chi connectivity index (χ0n) is 14.4. The summed E-state index contributed by atoms with van der Waals surface area (Å²) in [7, 11) is 0. The van der Waals surface area contributed by atoms with Gasteiger partial charge in [0.2, 0.25) is 0 Å². The number of allylic oxidation sites excluding steroid dienone is 2. The van der Waals surface area contributed by atoms with Gasteiger partial charge in [0.25, 0.3) is 0 Å². The van der Waals surface area contributed by atoms with Crippen LogP contribution in [-0.4, -0.2) is 12.3 Å². The van der Waals surface area contributed by atoms with E-state index in [1.807, 2.05) is 12.2 Å². The highest BCUT2D eigenvalue weighted by Gasteiger charge is 2.21. The summed E-state index contributed by atoms with van der Waals surface area (Å²) in [6, 6.07) is 6.81. The fourth-order valence-electron chi connectivity index (χ4n) is 2.80. The Morgan fingerprint density at radius 3 is 2.55 bits per heavy atom. The van der Waals surface area contributed by atoms with Crippen LogP contribution < -0.4 is 4.90 Å². The molecule has 2 heteroatoms. The molecule has 1 aliphatic rings. The van der Waals surface area contributed by atoms with Gasteiger partial charge in [0.1, 0.15) is 0 Å². The van der Waals surface area contributed by atoms with Crippen LogP contribution in [0.25, 0.3) is 0 Å². The van der Waals surface area contributed by atoms with Crippen LogP contribution in [0.2, 0.25) is 0 Å². The molecule has 118 valence electrons. The lowest BCUT2D eigenvalue weighted by atomic mass is 9.84. The van der Waals surface area contributed by atoms with Gasteiger partial charge in [-0.1, -0.05) is 58.9 Å². The molecule has 0 radical (unpaired) electrons. The van der Waals surface area contributed by atoms with Gasteiger partial charge >= 0.3 is 0 Å². The number of nitrogens with one attached hydrogen (secondary N) is 1. The number of hydrogen-bond donors (Lipinski definition) is 1. The first kappa shape index (κ1) is 16.5. The van der Waals surface area contributed by atoms with Crippen molar-refractivity contribution < 1.29 is 0 Å². The van der Waals surface area contributed by atoms with Crippen molar-refractivity contribution in [2.24, 2.45) is 5.92 Å². The summed E-state index contributed by atoms with van der Waals surface area (Å²) in [6.07, 6.45) is 10.7. The van der Waals surface area contributed by atoms with Crippen LogP contribution in [0.1, 0.15) is 45.7 Å². The highest BCUT2D eigenvalue weighted by atomic mass is 15.1. The van der Waals surface area contributed by atoms with E-state index in [0.717, 1.165) is 6.42 Å². The Balaban J connectivity index is 2.48. The van der Waals surface area contributed by atoms with E-state index in [9.17, 15) is 0 Å². The van der Waals surface area contributed by atoms with Gasteiger partial charge in [-0.2, -0.15) is 0 Å². The molecule has 0 spiro atoms. The van der Waals surface area contributed by atoms with Crippen LogP contribution in [-0.2, 0) is 11.8 Å². The first-order valence-electron chi connectivity index (χ1n) is 8.10. The van der Waals surface area contributed by atoms with Gasteiger partial charge in [0.05, 0.1) is 6.04 Å². The van der Waals surface area contributed by atoms with Crippen molar-refractivity contribution in [3.8, 4) is 0 Å². The standard InChI is InChI=1S/C20H28N2/c1-15(2)12-16-13-17(20(3,4)5)9-10-19(16)22-11-7-6-8-18(22)14-21/h6-11,13-15,18,21H,12H2,1-5H3. The Kier molecular flexibility index (Phi) is 4.90. The molecule has 1 N–H and O–H groups in total. The maximum Gasteiger partial charge on any atom is 0.0867 e. The van der Waals surface area contributed by atoms with Crippen molar-refractivity contribution in [3.63, 3.8) is 0 Å². The lowest BCUT2D eigenvalue weighted by Gasteiger charge is -2.31.